The van der Waals surface area contributed by atoms with Gasteiger partial charge in [0.2, 0.25) is 0 Å². The molecule has 1 aliphatic heterocycles. The third-order valence-electron chi connectivity index (χ3n) is 4.93. The Labute approximate surface area is 163 Å². The van der Waals surface area contributed by atoms with Gasteiger partial charge in [-0.25, -0.2) is 9.97 Å². The van der Waals surface area contributed by atoms with Crippen molar-refractivity contribution in [1.29, 1.82) is 0 Å². The van der Waals surface area contributed by atoms with Crippen molar-refractivity contribution in [1.82, 2.24) is 14.9 Å². The summed E-state index contributed by atoms with van der Waals surface area (Å²) < 4.78 is 0. The fraction of sp³-hybridized carbons (Fsp3) is 0.300. The zero-order valence-corrected chi connectivity index (χ0v) is 16.1. The van der Waals surface area contributed by atoms with Crippen LogP contribution in [0.3, 0.4) is 0 Å². The van der Waals surface area contributed by atoms with E-state index < -0.39 is 0 Å². The molecule has 0 amide bonds. The molecule has 134 valence electrons. The van der Waals surface area contributed by atoms with Gasteiger partial charge in [-0.3, -0.25) is 4.90 Å². The lowest BCUT2D eigenvalue weighted by molar-refractivity contribution is 0.247. The predicted octanol–water partition coefficient (Wildman–Crippen LogP) is 4.57. The van der Waals surface area contributed by atoms with Gasteiger partial charge >= 0.3 is 0 Å². The summed E-state index contributed by atoms with van der Waals surface area (Å²) in [6, 6.07) is 12.0. The number of rotatable bonds is 3. The second-order valence-electron chi connectivity index (χ2n) is 6.61. The molecule has 0 N–H and O–H groups in total. The lowest BCUT2D eigenvalue weighted by Crippen LogP contribution is -2.46. The van der Waals surface area contributed by atoms with Crippen LogP contribution in [0.2, 0.25) is 10.0 Å². The van der Waals surface area contributed by atoms with Crippen molar-refractivity contribution < 1.29 is 0 Å². The summed E-state index contributed by atoms with van der Waals surface area (Å²) in [5, 5.41) is 2.57. The topological polar surface area (TPSA) is 32.3 Å². The Morgan fingerprint density at radius 2 is 1.77 bits per heavy atom. The van der Waals surface area contributed by atoms with Crippen LogP contribution in [0.25, 0.3) is 10.9 Å². The molecule has 0 atom stereocenters. The summed E-state index contributed by atoms with van der Waals surface area (Å²) in [5.74, 6) is 0.978. The summed E-state index contributed by atoms with van der Waals surface area (Å²) >= 11 is 12.5. The summed E-state index contributed by atoms with van der Waals surface area (Å²) in [7, 11) is 0. The quantitative estimate of drug-likeness (QED) is 0.659. The number of pyridine rings is 2. The van der Waals surface area contributed by atoms with Crippen molar-refractivity contribution in [3.8, 4) is 0 Å². The van der Waals surface area contributed by atoms with E-state index in [0.29, 0.717) is 5.02 Å². The first-order chi connectivity index (χ1) is 12.6. The van der Waals surface area contributed by atoms with Crippen molar-refractivity contribution in [3.05, 3.63) is 63.9 Å². The Morgan fingerprint density at radius 1 is 1.00 bits per heavy atom. The maximum atomic E-state index is 6.61. The van der Waals surface area contributed by atoms with Crippen LogP contribution in [-0.2, 0) is 6.54 Å². The predicted molar refractivity (Wildman–Crippen MR) is 108 cm³/mol. The Kier molecular flexibility index (Phi) is 4.98. The number of halogens is 2. The van der Waals surface area contributed by atoms with E-state index in [1.807, 2.05) is 30.3 Å². The number of aryl methyl sites for hydroxylation is 1. The van der Waals surface area contributed by atoms with E-state index in [2.05, 4.69) is 27.8 Å². The van der Waals surface area contributed by atoms with E-state index in [-0.39, 0.29) is 0 Å². The third-order valence-corrected chi connectivity index (χ3v) is 5.65. The average Bonchev–Trinajstić information content (AvgIpc) is 2.67. The first kappa shape index (κ1) is 17.5. The smallest absolute Gasteiger partial charge is 0.128 e. The third kappa shape index (κ3) is 3.50. The van der Waals surface area contributed by atoms with Gasteiger partial charge < -0.3 is 4.90 Å². The standard InChI is InChI=1S/C20H20Cl2N4/c1-14-16-4-2-3-5-17(16)24-18(20(14)22)13-25-8-10-26(11-9-25)19-7-6-15(21)12-23-19/h2-7,12H,8-11,13H2,1H3. The molecule has 1 aliphatic rings. The second kappa shape index (κ2) is 7.39. The van der Waals surface area contributed by atoms with E-state index in [0.717, 1.165) is 65.7 Å². The molecule has 2 aromatic heterocycles. The Balaban J connectivity index is 1.47. The van der Waals surface area contributed by atoms with Crippen molar-refractivity contribution >= 4 is 39.9 Å². The second-order valence-corrected chi connectivity index (χ2v) is 7.43. The Bertz CT molecular complexity index is 919. The largest absolute Gasteiger partial charge is 0.354 e. The molecule has 0 aliphatic carbocycles. The molecular formula is C20H20Cl2N4. The summed E-state index contributed by atoms with van der Waals surface area (Å²) in [4.78, 5) is 13.9. The van der Waals surface area contributed by atoms with Crippen LogP contribution in [0.4, 0.5) is 5.82 Å². The van der Waals surface area contributed by atoms with Gasteiger partial charge in [-0.2, -0.15) is 0 Å². The molecule has 0 radical (unpaired) electrons. The van der Waals surface area contributed by atoms with Gasteiger partial charge in [0.15, 0.2) is 0 Å². The zero-order valence-electron chi connectivity index (χ0n) is 14.6. The summed E-state index contributed by atoms with van der Waals surface area (Å²) in [5.41, 5.74) is 3.07. The number of hydrogen-bond donors (Lipinski definition) is 0. The van der Waals surface area contributed by atoms with Gasteiger partial charge in [-0.1, -0.05) is 41.4 Å². The minimum atomic E-state index is 0.666. The van der Waals surface area contributed by atoms with Gasteiger partial charge in [0, 0.05) is 44.3 Å². The van der Waals surface area contributed by atoms with Crippen LogP contribution in [0.1, 0.15) is 11.3 Å². The fourth-order valence-electron chi connectivity index (χ4n) is 3.42. The maximum absolute atomic E-state index is 6.61. The monoisotopic (exact) mass is 386 g/mol. The minimum Gasteiger partial charge on any atom is -0.354 e. The van der Waals surface area contributed by atoms with Crippen LogP contribution in [-0.4, -0.2) is 41.0 Å². The molecule has 0 spiro atoms. The molecule has 4 rings (SSSR count). The molecule has 6 heteroatoms. The molecule has 0 saturated carbocycles. The normalized spacial score (nSPS) is 15.6. The molecule has 1 fully saturated rings. The number of anilines is 1. The highest BCUT2D eigenvalue weighted by Gasteiger charge is 2.20. The van der Waals surface area contributed by atoms with E-state index in [1.165, 1.54) is 0 Å². The average molecular weight is 387 g/mol. The molecule has 0 unspecified atom stereocenters. The lowest BCUT2D eigenvalue weighted by Gasteiger charge is -2.35. The molecule has 1 saturated heterocycles. The number of para-hydroxylation sites is 1. The van der Waals surface area contributed by atoms with Crippen LogP contribution in [0.15, 0.2) is 42.6 Å². The van der Waals surface area contributed by atoms with Crippen LogP contribution >= 0.6 is 23.2 Å². The van der Waals surface area contributed by atoms with E-state index in [1.54, 1.807) is 6.20 Å². The number of nitrogens with zero attached hydrogens (tertiary/aromatic N) is 4. The Hall–Kier alpha value is -1.88. The van der Waals surface area contributed by atoms with Gasteiger partial charge in [0.25, 0.3) is 0 Å². The van der Waals surface area contributed by atoms with Crippen LogP contribution < -0.4 is 4.90 Å². The number of benzene rings is 1. The molecule has 0 bridgehead atoms. The number of aromatic nitrogens is 2. The van der Waals surface area contributed by atoms with Gasteiger partial charge in [-0.05, 0) is 30.7 Å². The fourth-order valence-corrected chi connectivity index (χ4v) is 3.74. The SMILES string of the molecule is Cc1c(Cl)c(CN2CCN(c3ccc(Cl)cn3)CC2)nc2ccccc12. The van der Waals surface area contributed by atoms with Gasteiger partial charge in [0.05, 0.1) is 21.3 Å². The van der Waals surface area contributed by atoms with Crippen molar-refractivity contribution in [2.24, 2.45) is 0 Å². The van der Waals surface area contributed by atoms with Crippen molar-refractivity contribution in [2.45, 2.75) is 13.5 Å². The number of piperazine rings is 1. The molecular weight excluding hydrogens is 367 g/mol. The first-order valence-electron chi connectivity index (χ1n) is 8.74. The highest BCUT2D eigenvalue weighted by molar-refractivity contribution is 6.32. The number of hydrogen-bond acceptors (Lipinski definition) is 4. The van der Waals surface area contributed by atoms with Gasteiger partial charge in [0.1, 0.15) is 5.82 Å². The van der Waals surface area contributed by atoms with E-state index in [4.69, 9.17) is 28.2 Å². The molecule has 26 heavy (non-hydrogen) atoms. The highest BCUT2D eigenvalue weighted by atomic mass is 35.5. The van der Waals surface area contributed by atoms with Crippen molar-refractivity contribution in [2.75, 3.05) is 31.1 Å². The van der Waals surface area contributed by atoms with Crippen LogP contribution in [0, 0.1) is 6.92 Å². The Morgan fingerprint density at radius 3 is 2.50 bits per heavy atom. The van der Waals surface area contributed by atoms with Crippen LogP contribution in [0.5, 0.6) is 0 Å². The molecule has 3 heterocycles. The summed E-state index contributed by atoms with van der Waals surface area (Å²) in [6.07, 6.45) is 1.70. The summed E-state index contributed by atoms with van der Waals surface area (Å²) in [6.45, 7) is 6.60. The van der Waals surface area contributed by atoms with E-state index in [9.17, 15) is 0 Å². The number of fused-ring (bicyclic) bond motifs is 1. The molecule has 4 nitrogen and oxygen atoms in total. The highest BCUT2D eigenvalue weighted by Crippen LogP contribution is 2.28. The minimum absolute atomic E-state index is 0.666. The maximum Gasteiger partial charge on any atom is 0.128 e. The zero-order chi connectivity index (χ0) is 18.1. The van der Waals surface area contributed by atoms with E-state index >= 15 is 0 Å². The van der Waals surface area contributed by atoms with Crippen molar-refractivity contribution in [3.63, 3.8) is 0 Å². The molecule has 3 aromatic rings. The first-order valence-corrected chi connectivity index (χ1v) is 9.50. The lowest BCUT2D eigenvalue weighted by atomic mass is 10.1. The molecule has 1 aromatic carbocycles. The van der Waals surface area contributed by atoms with Gasteiger partial charge in [-0.15, -0.1) is 0 Å².